The highest BCUT2D eigenvalue weighted by molar-refractivity contribution is 5.93. The first-order valence-corrected chi connectivity index (χ1v) is 23.7. The van der Waals surface area contributed by atoms with E-state index >= 15 is 0 Å². The molecule has 64 heavy (non-hydrogen) atoms. The van der Waals surface area contributed by atoms with Gasteiger partial charge in [-0.3, -0.25) is 19.2 Å². The van der Waals surface area contributed by atoms with Gasteiger partial charge in [0, 0.05) is 38.7 Å². The van der Waals surface area contributed by atoms with Gasteiger partial charge in [-0.1, -0.05) is 125 Å². The second kappa shape index (κ2) is 29.8. The summed E-state index contributed by atoms with van der Waals surface area (Å²) in [6, 6.07) is -0.763. The summed E-state index contributed by atoms with van der Waals surface area (Å²) < 4.78 is 11.0. The first-order chi connectivity index (χ1) is 30.3. The molecule has 0 radical (unpaired) electrons. The van der Waals surface area contributed by atoms with Crippen molar-refractivity contribution in [3.63, 3.8) is 0 Å². The van der Waals surface area contributed by atoms with Gasteiger partial charge in [-0.05, 0) is 119 Å². The maximum atomic E-state index is 13.3. The molecule has 0 aromatic carbocycles. The summed E-state index contributed by atoms with van der Waals surface area (Å²) in [5, 5.41) is 11.4. The molecule has 0 heterocycles. The Morgan fingerprint density at radius 2 is 1.31 bits per heavy atom. The lowest BCUT2D eigenvalue weighted by Crippen LogP contribution is -2.47. The maximum Gasteiger partial charge on any atom is 0.244 e. The highest BCUT2D eigenvalue weighted by atomic mass is 16.5. The summed E-state index contributed by atoms with van der Waals surface area (Å²) in [6.07, 6.45) is 33.0. The van der Waals surface area contributed by atoms with Crippen LogP contribution in [0, 0.1) is 22.7 Å². The molecule has 10 nitrogen and oxygen atoms in total. The lowest BCUT2D eigenvalue weighted by atomic mass is 9.64. The molecule has 0 spiro atoms. The van der Waals surface area contributed by atoms with Crippen LogP contribution in [0.5, 0.6) is 0 Å². The minimum atomic E-state index is -0.763. The van der Waals surface area contributed by atoms with Gasteiger partial charge >= 0.3 is 0 Å². The van der Waals surface area contributed by atoms with E-state index in [1.807, 2.05) is 44.2 Å². The fourth-order valence-corrected chi connectivity index (χ4v) is 8.46. The second-order valence-corrected chi connectivity index (χ2v) is 19.2. The predicted molar refractivity (Wildman–Crippen MR) is 264 cm³/mol. The van der Waals surface area contributed by atoms with E-state index in [1.165, 1.54) is 62.7 Å². The third-order valence-electron chi connectivity index (χ3n) is 12.2. The van der Waals surface area contributed by atoms with Crippen molar-refractivity contribution in [2.75, 3.05) is 46.1 Å². The Balaban J connectivity index is 1.93. The quantitative estimate of drug-likeness (QED) is 0.0388. The molecule has 1 fully saturated rings. The summed E-state index contributed by atoms with van der Waals surface area (Å²) in [7, 11) is 0. The lowest BCUT2D eigenvalue weighted by Gasteiger charge is -2.41. The number of hydrogen-bond donors (Lipinski definition) is 4. The Labute approximate surface area is 387 Å². The Hall–Kier alpha value is -4.54. The van der Waals surface area contributed by atoms with E-state index in [4.69, 9.17) is 9.47 Å². The van der Waals surface area contributed by atoms with Crippen LogP contribution in [-0.4, -0.2) is 75.7 Å². The molecule has 2 unspecified atom stereocenters. The summed E-state index contributed by atoms with van der Waals surface area (Å²) >= 11 is 0. The molecule has 2 aliphatic rings. The molecule has 0 aromatic heterocycles. The summed E-state index contributed by atoms with van der Waals surface area (Å²) in [4.78, 5) is 50.1. The summed E-state index contributed by atoms with van der Waals surface area (Å²) in [6.45, 7) is 25.9. The molecule has 4 amide bonds. The van der Waals surface area contributed by atoms with Gasteiger partial charge in [-0.15, -0.1) is 0 Å². The van der Waals surface area contributed by atoms with Crippen LogP contribution in [0.1, 0.15) is 134 Å². The van der Waals surface area contributed by atoms with Gasteiger partial charge in [-0.25, -0.2) is 0 Å². The molecule has 1 saturated carbocycles. The van der Waals surface area contributed by atoms with Gasteiger partial charge in [-0.2, -0.15) is 0 Å². The van der Waals surface area contributed by atoms with Crippen molar-refractivity contribution in [2.24, 2.45) is 22.7 Å². The maximum absolute atomic E-state index is 13.3. The van der Waals surface area contributed by atoms with Crippen LogP contribution in [0.2, 0.25) is 0 Å². The summed E-state index contributed by atoms with van der Waals surface area (Å²) in [5.74, 6) is 0.282. The van der Waals surface area contributed by atoms with Gasteiger partial charge in [0.25, 0.3) is 0 Å². The topological polar surface area (TPSA) is 135 Å². The van der Waals surface area contributed by atoms with Gasteiger partial charge in [0.15, 0.2) is 0 Å². The lowest BCUT2D eigenvalue weighted by molar-refractivity contribution is -0.127. The fraction of sp³-hybridized carbons (Fsp3) is 0.593. The van der Waals surface area contributed by atoms with Crippen LogP contribution in [0.4, 0.5) is 0 Å². The van der Waals surface area contributed by atoms with Crippen LogP contribution < -0.4 is 21.3 Å². The van der Waals surface area contributed by atoms with Crippen LogP contribution in [0.15, 0.2) is 106 Å². The number of nitrogens with one attached hydrogen (secondary N) is 4. The average Bonchev–Trinajstić information content (AvgIpc) is 3.19. The monoisotopic (exact) mass is 885 g/mol. The molecule has 0 aromatic rings. The van der Waals surface area contributed by atoms with Crippen molar-refractivity contribution in [3.8, 4) is 0 Å². The van der Waals surface area contributed by atoms with Crippen LogP contribution in [-0.2, 0) is 28.7 Å². The van der Waals surface area contributed by atoms with Crippen LogP contribution in [0.3, 0.4) is 0 Å². The third-order valence-corrected chi connectivity index (χ3v) is 12.2. The molecule has 356 valence electrons. The van der Waals surface area contributed by atoms with Crippen molar-refractivity contribution in [1.29, 1.82) is 0 Å². The van der Waals surface area contributed by atoms with E-state index in [1.54, 1.807) is 6.08 Å². The Morgan fingerprint density at radius 3 is 1.92 bits per heavy atom. The van der Waals surface area contributed by atoms with Crippen molar-refractivity contribution >= 4 is 23.6 Å². The molecule has 0 aliphatic heterocycles. The zero-order valence-corrected chi connectivity index (χ0v) is 41.4. The largest absolute Gasteiger partial charge is 0.377 e. The SMILES string of the molecule is CC(=O)NCCOCCOCCNC(=O)[C@@H](CCCCNC(=O)/C=C(C)/C=C/C=C(C)/C=C/C1=C(C)CCCC1(C)C)NC(=O)/C=C(C)/C=C/C=C(C)/C=C/C1C(C)CCCC1(C)C. The molecular weight excluding hydrogens is 801 g/mol. The molecule has 3 atom stereocenters. The number of carbonyl (C=O) groups excluding carboxylic acids is 4. The van der Waals surface area contributed by atoms with E-state index in [9.17, 15) is 19.2 Å². The number of unbranched alkanes of at least 4 members (excludes halogenated alkanes) is 1. The normalized spacial score (nSPS) is 20.4. The minimum Gasteiger partial charge on any atom is -0.377 e. The zero-order valence-electron chi connectivity index (χ0n) is 41.4. The minimum absolute atomic E-state index is 0.105. The molecule has 2 aliphatic carbocycles. The molecule has 10 heteroatoms. The van der Waals surface area contributed by atoms with E-state index < -0.39 is 6.04 Å². The van der Waals surface area contributed by atoms with E-state index in [2.05, 4.69) is 107 Å². The molecule has 4 N–H and O–H groups in total. The number of hydrogen-bond acceptors (Lipinski definition) is 6. The molecular formula is C54H84N4O6. The van der Waals surface area contributed by atoms with Gasteiger partial charge in [0.05, 0.1) is 26.4 Å². The highest BCUT2D eigenvalue weighted by Gasteiger charge is 2.35. The Kier molecular flexibility index (Phi) is 25.9. The van der Waals surface area contributed by atoms with E-state index in [-0.39, 0.29) is 42.2 Å². The van der Waals surface area contributed by atoms with Gasteiger partial charge in [0.1, 0.15) is 6.04 Å². The average molecular weight is 885 g/mol. The second-order valence-electron chi connectivity index (χ2n) is 19.2. The number of rotatable bonds is 26. The standard InChI is InChI=1S/C54H84N4O6/c1-40(25-27-47-44(5)22-16-29-53(47,8)9)18-14-20-42(3)38-50(60)56-31-13-12-24-49(52(62)57-33-35-64-37-36-63-34-32-55-46(7)59)58-51(61)39-43(4)21-15-19-41(2)26-28-48-45(6)23-17-30-54(48,10)11/h14-15,18-21,25-28,38-39,45,48-49H,12-13,16-17,22-24,29-37H2,1-11H3,(H,55,59)(H,56,60)(H,57,62)(H,58,61)/b20-14+,21-15+,27-25+,28-26+,40-18+,41-19+,42-38+,43-39+/t45?,48?,49-/m1/s1. The van der Waals surface area contributed by atoms with Crippen molar-refractivity contribution in [2.45, 2.75) is 140 Å². The van der Waals surface area contributed by atoms with Gasteiger partial charge in [0.2, 0.25) is 23.6 Å². The zero-order chi connectivity index (χ0) is 47.5. The van der Waals surface area contributed by atoms with Crippen LogP contribution >= 0.6 is 0 Å². The van der Waals surface area contributed by atoms with Crippen molar-refractivity contribution < 1.29 is 28.7 Å². The third kappa shape index (κ3) is 23.4. The number of amides is 4. The highest BCUT2D eigenvalue weighted by Crippen LogP contribution is 2.44. The summed E-state index contributed by atoms with van der Waals surface area (Å²) in [5.41, 5.74) is 7.30. The first-order valence-electron chi connectivity index (χ1n) is 23.7. The molecule has 0 bridgehead atoms. The molecule has 0 saturated heterocycles. The Morgan fingerprint density at radius 1 is 0.703 bits per heavy atom. The van der Waals surface area contributed by atoms with E-state index in [0.29, 0.717) is 69.4 Å². The van der Waals surface area contributed by atoms with Gasteiger partial charge < -0.3 is 30.7 Å². The predicted octanol–water partition coefficient (Wildman–Crippen LogP) is 10.0. The van der Waals surface area contributed by atoms with E-state index in [0.717, 1.165) is 22.3 Å². The smallest absolute Gasteiger partial charge is 0.244 e. The number of allylic oxidation sites excluding steroid dienone is 16. The van der Waals surface area contributed by atoms with Crippen LogP contribution in [0.25, 0.3) is 0 Å². The van der Waals surface area contributed by atoms with Crippen molar-refractivity contribution in [3.05, 3.63) is 106 Å². The number of ether oxygens (including phenoxy) is 2. The fourth-order valence-electron chi connectivity index (χ4n) is 8.46. The van der Waals surface area contributed by atoms with Crippen molar-refractivity contribution in [1.82, 2.24) is 21.3 Å². The Bertz CT molecular complexity index is 1800. The molecule has 2 rings (SSSR count). The number of carbonyl (C=O) groups is 4. The first kappa shape index (κ1) is 55.6.